The second kappa shape index (κ2) is 6.42. The first-order chi connectivity index (χ1) is 9.49. The Morgan fingerprint density at radius 3 is 2.60 bits per heavy atom. The molecule has 2 rings (SSSR count). The molecule has 0 bridgehead atoms. The third kappa shape index (κ3) is 3.41. The van der Waals surface area contributed by atoms with Crippen LogP contribution in [-0.4, -0.2) is 5.91 Å². The Morgan fingerprint density at radius 2 is 1.95 bits per heavy atom. The van der Waals surface area contributed by atoms with E-state index in [0.29, 0.717) is 10.6 Å². The average molecular weight is 353 g/mol. The normalized spacial score (nSPS) is 12.0. The number of carbonyl (C=O) groups is 1. The van der Waals surface area contributed by atoms with Crippen LogP contribution in [0, 0.1) is 6.92 Å². The number of carbonyl (C=O) groups excluding carboxylic acids is 1. The molecule has 2 nitrogen and oxygen atoms in total. The highest BCUT2D eigenvalue weighted by atomic mass is 79.9. The predicted molar refractivity (Wildman–Crippen MR) is 86.2 cm³/mol. The molecule has 0 aromatic heterocycles. The Balaban J connectivity index is 2.15. The van der Waals surface area contributed by atoms with Gasteiger partial charge in [0.1, 0.15) is 0 Å². The third-order valence-corrected chi connectivity index (χ3v) is 4.40. The number of rotatable bonds is 3. The number of nitrogens with one attached hydrogen (secondary N) is 1. The first-order valence-electron chi connectivity index (χ1n) is 6.30. The molecule has 0 heterocycles. The molecule has 104 valence electrons. The summed E-state index contributed by atoms with van der Waals surface area (Å²) in [6.07, 6.45) is 0. The van der Waals surface area contributed by atoms with Crippen LogP contribution in [0.4, 0.5) is 0 Å². The Hall–Kier alpha value is -1.32. The summed E-state index contributed by atoms with van der Waals surface area (Å²) in [5, 5.41) is 3.59. The van der Waals surface area contributed by atoms with Gasteiger partial charge in [-0.05, 0) is 59.1 Å². The Bertz CT molecular complexity index is 642. The first kappa shape index (κ1) is 15.1. The van der Waals surface area contributed by atoms with Crippen LogP contribution in [0.25, 0.3) is 0 Å². The fraction of sp³-hybridized carbons (Fsp3) is 0.188. The van der Waals surface area contributed by atoms with Crippen LogP contribution in [0.1, 0.15) is 34.5 Å². The fourth-order valence-corrected chi connectivity index (χ4v) is 2.56. The summed E-state index contributed by atoms with van der Waals surface area (Å²) in [5.41, 5.74) is 2.87. The van der Waals surface area contributed by atoms with Crippen molar-refractivity contribution in [3.05, 3.63) is 68.7 Å². The van der Waals surface area contributed by atoms with Crippen molar-refractivity contribution in [2.75, 3.05) is 0 Å². The molecule has 0 fully saturated rings. The van der Waals surface area contributed by atoms with Crippen LogP contribution < -0.4 is 5.32 Å². The van der Waals surface area contributed by atoms with Gasteiger partial charge < -0.3 is 5.32 Å². The molecule has 0 saturated carbocycles. The molecule has 2 aromatic carbocycles. The van der Waals surface area contributed by atoms with Crippen LogP contribution in [-0.2, 0) is 0 Å². The van der Waals surface area contributed by atoms with E-state index in [1.54, 1.807) is 18.2 Å². The van der Waals surface area contributed by atoms with Gasteiger partial charge in [0.15, 0.2) is 0 Å². The minimum absolute atomic E-state index is 0.0434. The van der Waals surface area contributed by atoms with Crippen LogP contribution in [0.3, 0.4) is 0 Å². The van der Waals surface area contributed by atoms with E-state index in [2.05, 4.69) is 21.2 Å². The molecule has 0 spiro atoms. The molecule has 20 heavy (non-hydrogen) atoms. The van der Waals surface area contributed by atoms with Crippen LogP contribution >= 0.6 is 27.5 Å². The monoisotopic (exact) mass is 351 g/mol. The molecule has 0 aliphatic rings. The molecular weight excluding hydrogens is 338 g/mol. The summed E-state index contributed by atoms with van der Waals surface area (Å²) in [7, 11) is 0. The van der Waals surface area contributed by atoms with Crippen molar-refractivity contribution >= 4 is 33.4 Å². The van der Waals surface area contributed by atoms with Crippen molar-refractivity contribution in [2.45, 2.75) is 19.9 Å². The zero-order valence-electron chi connectivity index (χ0n) is 11.3. The van der Waals surface area contributed by atoms with Gasteiger partial charge in [0.25, 0.3) is 5.91 Å². The third-order valence-electron chi connectivity index (χ3n) is 3.18. The van der Waals surface area contributed by atoms with Crippen molar-refractivity contribution < 1.29 is 4.79 Å². The van der Waals surface area contributed by atoms with E-state index >= 15 is 0 Å². The van der Waals surface area contributed by atoms with E-state index in [0.717, 1.165) is 15.6 Å². The lowest BCUT2D eigenvalue weighted by Crippen LogP contribution is -2.27. The number of aryl methyl sites for hydroxylation is 1. The van der Waals surface area contributed by atoms with E-state index < -0.39 is 0 Å². The molecule has 0 radical (unpaired) electrons. The smallest absolute Gasteiger partial charge is 0.251 e. The fourth-order valence-electron chi connectivity index (χ4n) is 2.07. The first-order valence-corrected chi connectivity index (χ1v) is 7.47. The van der Waals surface area contributed by atoms with E-state index in [1.165, 1.54) is 0 Å². The molecule has 0 aliphatic heterocycles. The minimum Gasteiger partial charge on any atom is -0.346 e. The summed E-state index contributed by atoms with van der Waals surface area (Å²) in [6.45, 7) is 4.02. The highest BCUT2D eigenvalue weighted by Crippen LogP contribution is 2.24. The molecular formula is C16H15BrClNO. The summed E-state index contributed by atoms with van der Waals surface area (Å²) in [4.78, 5) is 12.2. The van der Waals surface area contributed by atoms with E-state index in [4.69, 9.17) is 11.6 Å². The van der Waals surface area contributed by atoms with E-state index in [9.17, 15) is 4.79 Å². The van der Waals surface area contributed by atoms with Gasteiger partial charge >= 0.3 is 0 Å². The lowest BCUT2D eigenvalue weighted by atomic mass is 10.0. The van der Waals surface area contributed by atoms with Gasteiger partial charge in [0.05, 0.1) is 11.1 Å². The number of hydrogen-bond acceptors (Lipinski definition) is 1. The molecule has 4 heteroatoms. The minimum atomic E-state index is -0.113. The standard InChI is InChI=1S/C16H15BrClNO/c1-10-5-3-4-6-13(10)11(2)19-16(20)12-7-8-15(18)14(17)9-12/h3-9,11H,1-2H3,(H,19,20). The number of benzene rings is 2. The van der Waals surface area contributed by atoms with Crippen LogP contribution in [0.5, 0.6) is 0 Å². The van der Waals surface area contributed by atoms with E-state index in [-0.39, 0.29) is 11.9 Å². The maximum Gasteiger partial charge on any atom is 0.251 e. The Kier molecular flexibility index (Phi) is 4.84. The predicted octanol–water partition coefficient (Wildman–Crippen LogP) is 4.90. The molecule has 1 atom stereocenters. The van der Waals surface area contributed by atoms with Crippen molar-refractivity contribution in [1.29, 1.82) is 0 Å². The van der Waals surface area contributed by atoms with Crippen molar-refractivity contribution in [2.24, 2.45) is 0 Å². The maximum absolute atomic E-state index is 12.2. The molecule has 1 N–H and O–H groups in total. The van der Waals surface area contributed by atoms with Gasteiger partial charge in [-0.25, -0.2) is 0 Å². The second-order valence-corrected chi connectivity index (χ2v) is 5.94. The lowest BCUT2D eigenvalue weighted by Gasteiger charge is -2.16. The van der Waals surface area contributed by atoms with Crippen LogP contribution in [0.15, 0.2) is 46.9 Å². The largest absolute Gasteiger partial charge is 0.346 e. The van der Waals surface area contributed by atoms with Gasteiger partial charge in [-0.1, -0.05) is 35.9 Å². The van der Waals surface area contributed by atoms with Gasteiger partial charge in [-0.3, -0.25) is 4.79 Å². The maximum atomic E-state index is 12.2. The topological polar surface area (TPSA) is 29.1 Å². The molecule has 1 amide bonds. The quantitative estimate of drug-likeness (QED) is 0.836. The Morgan fingerprint density at radius 1 is 1.25 bits per heavy atom. The molecule has 2 aromatic rings. The number of hydrogen-bond donors (Lipinski definition) is 1. The van der Waals surface area contributed by atoms with Gasteiger partial charge in [-0.2, -0.15) is 0 Å². The summed E-state index contributed by atoms with van der Waals surface area (Å²) in [5.74, 6) is -0.113. The van der Waals surface area contributed by atoms with Crippen molar-refractivity contribution in [3.8, 4) is 0 Å². The average Bonchev–Trinajstić information content (AvgIpc) is 2.42. The van der Waals surface area contributed by atoms with Crippen LogP contribution in [0.2, 0.25) is 5.02 Å². The highest BCUT2D eigenvalue weighted by molar-refractivity contribution is 9.10. The SMILES string of the molecule is Cc1ccccc1C(C)NC(=O)c1ccc(Cl)c(Br)c1. The number of halogens is 2. The Labute approximate surface area is 132 Å². The second-order valence-electron chi connectivity index (χ2n) is 4.68. The summed E-state index contributed by atoms with van der Waals surface area (Å²) in [6, 6.07) is 13.1. The van der Waals surface area contributed by atoms with Gasteiger partial charge in [0.2, 0.25) is 0 Å². The molecule has 0 saturated heterocycles. The zero-order valence-corrected chi connectivity index (χ0v) is 13.6. The molecule has 0 aliphatic carbocycles. The zero-order chi connectivity index (χ0) is 14.7. The van der Waals surface area contributed by atoms with Crippen molar-refractivity contribution in [3.63, 3.8) is 0 Å². The lowest BCUT2D eigenvalue weighted by molar-refractivity contribution is 0.0940. The summed E-state index contributed by atoms with van der Waals surface area (Å²) < 4.78 is 0.718. The highest BCUT2D eigenvalue weighted by Gasteiger charge is 2.13. The van der Waals surface area contributed by atoms with Gasteiger partial charge in [0, 0.05) is 10.0 Å². The van der Waals surface area contributed by atoms with E-state index in [1.807, 2.05) is 38.1 Å². The molecule has 1 unspecified atom stereocenters. The van der Waals surface area contributed by atoms with Gasteiger partial charge in [-0.15, -0.1) is 0 Å². The number of amides is 1. The summed E-state index contributed by atoms with van der Waals surface area (Å²) >= 11 is 9.25. The van der Waals surface area contributed by atoms with Crippen molar-refractivity contribution in [1.82, 2.24) is 5.32 Å².